The van der Waals surface area contributed by atoms with Crippen LogP contribution in [0, 0.1) is 6.92 Å². The number of carbonyl (C=O) groups excluding carboxylic acids is 1. The van der Waals surface area contributed by atoms with Gasteiger partial charge in [0.2, 0.25) is 5.91 Å². The van der Waals surface area contributed by atoms with Crippen LogP contribution in [0.2, 0.25) is 0 Å². The van der Waals surface area contributed by atoms with Crippen LogP contribution >= 0.6 is 11.8 Å². The van der Waals surface area contributed by atoms with Gasteiger partial charge in [-0.05, 0) is 48.9 Å². The highest BCUT2D eigenvalue weighted by Gasteiger charge is 2.30. The second-order valence-electron chi connectivity index (χ2n) is 6.43. The van der Waals surface area contributed by atoms with E-state index in [1.165, 1.54) is 23.9 Å². The number of fused-ring (bicyclic) bond motifs is 3. The molecular formula is C20H15F3N4O2S. The van der Waals surface area contributed by atoms with E-state index in [-0.39, 0.29) is 17.4 Å². The molecule has 2 heterocycles. The molecule has 0 spiro atoms. The predicted octanol–water partition coefficient (Wildman–Crippen LogP) is 4.82. The van der Waals surface area contributed by atoms with Crippen molar-refractivity contribution < 1.29 is 22.7 Å². The molecule has 1 N–H and O–H groups in total. The monoisotopic (exact) mass is 432 g/mol. The summed E-state index contributed by atoms with van der Waals surface area (Å²) < 4.78 is 42.3. The number of halogens is 3. The second kappa shape index (κ2) is 7.86. The van der Waals surface area contributed by atoms with Crippen molar-refractivity contribution in [1.82, 2.24) is 14.6 Å². The Morgan fingerprint density at radius 2 is 1.87 bits per heavy atom. The number of rotatable bonds is 5. The maximum absolute atomic E-state index is 12.3. The van der Waals surface area contributed by atoms with Crippen molar-refractivity contribution in [3.8, 4) is 5.75 Å². The SMILES string of the molecule is Cc1cc2nnc(SCC(=O)Nc3ccc(OC(F)(F)F)cc3)n2c2ccccc12. The van der Waals surface area contributed by atoms with Crippen LogP contribution in [0.4, 0.5) is 18.9 Å². The zero-order valence-electron chi connectivity index (χ0n) is 15.6. The molecule has 0 fully saturated rings. The molecule has 1 amide bonds. The number of thioether (sulfide) groups is 1. The zero-order valence-corrected chi connectivity index (χ0v) is 16.4. The first-order chi connectivity index (χ1) is 14.3. The number of para-hydroxylation sites is 1. The summed E-state index contributed by atoms with van der Waals surface area (Å²) in [7, 11) is 0. The van der Waals surface area contributed by atoms with Crippen molar-refractivity contribution >= 4 is 39.9 Å². The zero-order chi connectivity index (χ0) is 21.3. The quantitative estimate of drug-likeness (QED) is 0.458. The van der Waals surface area contributed by atoms with Gasteiger partial charge >= 0.3 is 6.36 Å². The Hall–Kier alpha value is -3.27. The van der Waals surface area contributed by atoms with Crippen molar-refractivity contribution in [3.63, 3.8) is 0 Å². The normalized spacial score (nSPS) is 11.7. The summed E-state index contributed by atoms with van der Waals surface area (Å²) in [5.41, 5.74) is 3.08. The van der Waals surface area contributed by atoms with Gasteiger partial charge in [-0.1, -0.05) is 30.0 Å². The number of hydrogen-bond donors (Lipinski definition) is 1. The number of alkyl halides is 3. The molecule has 0 saturated carbocycles. The van der Waals surface area contributed by atoms with Crippen molar-refractivity contribution in [3.05, 3.63) is 60.2 Å². The summed E-state index contributed by atoms with van der Waals surface area (Å²) in [4.78, 5) is 12.3. The molecule has 0 aliphatic rings. The van der Waals surface area contributed by atoms with Crippen LogP contribution in [0.15, 0.2) is 59.8 Å². The molecule has 0 saturated heterocycles. The van der Waals surface area contributed by atoms with Gasteiger partial charge in [-0.2, -0.15) is 0 Å². The molecule has 0 aliphatic carbocycles. The number of carbonyl (C=O) groups is 1. The topological polar surface area (TPSA) is 68.5 Å². The Kier molecular flexibility index (Phi) is 5.25. The second-order valence-corrected chi connectivity index (χ2v) is 7.37. The number of pyridine rings is 1. The van der Waals surface area contributed by atoms with Gasteiger partial charge in [-0.15, -0.1) is 23.4 Å². The number of amides is 1. The molecular weight excluding hydrogens is 417 g/mol. The molecule has 0 radical (unpaired) electrons. The van der Waals surface area contributed by atoms with Gasteiger partial charge in [0.05, 0.1) is 11.3 Å². The van der Waals surface area contributed by atoms with Crippen LogP contribution in [-0.2, 0) is 4.79 Å². The maximum Gasteiger partial charge on any atom is 0.573 e. The van der Waals surface area contributed by atoms with Crippen LogP contribution in [0.3, 0.4) is 0 Å². The summed E-state index contributed by atoms with van der Waals surface area (Å²) in [6.07, 6.45) is -4.76. The molecule has 0 aliphatic heterocycles. The number of nitrogens with one attached hydrogen (secondary N) is 1. The van der Waals surface area contributed by atoms with Crippen LogP contribution in [0.5, 0.6) is 5.75 Å². The highest BCUT2D eigenvalue weighted by molar-refractivity contribution is 7.99. The average Bonchev–Trinajstić information content (AvgIpc) is 3.10. The number of aromatic nitrogens is 3. The van der Waals surface area contributed by atoms with Gasteiger partial charge in [0.15, 0.2) is 10.8 Å². The van der Waals surface area contributed by atoms with Gasteiger partial charge in [0.25, 0.3) is 0 Å². The molecule has 154 valence electrons. The summed E-state index contributed by atoms with van der Waals surface area (Å²) in [6.45, 7) is 2.00. The summed E-state index contributed by atoms with van der Waals surface area (Å²) in [5, 5.41) is 12.6. The lowest BCUT2D eigenvalue weighted by Gasteiger charge is -2.10. The Morgan fingerprint density at radius 3 is 2.60 bits per heavy atom. The first kappa shape index (κ1) is 20.0. The molecule has 2 aromatic carbocycles. The molecule has 0 atom stereocenters. The minimum Gasteiger partial charge on any atom is -0.406 e. The Labute approximate surface area is 173 Å². The molecule has 2 aromatic heterocycles. The number of aryl methyl sites for hydroxylation is 1. The van der Waals surface area contributed by atoms with E-state index in [2.05, 4.69) is 20.3 Å². The van der Waals surface area contributed by atoms with Crippen LogP contribution < -0.4 is 10.1 Å². The standard InChI is InChI=1S/C20H15F3N4O2S/c1-12-10-17-25-26-19(27(17)16-5-3-2-4-15(12)16)30-11-18(28)24-13-6-8-14(9-7-13)29-20(21,22)23/h2-10H,11H2,1H3,(H,24,28). The van der Waals surface area contributed by atoms with Crippen molar-refractivity contribution in [2.75, 3.05) is 11.1 Å². The smallest absolute Gasteiger partial charge is 0.406 e. The van der Waals surface area contributed by atoms with E-state index < -0.39 is 6.36 Å². The molecule has 10 heteroatoms. The van der Waals surface area contributed by atoms with E-state index in [0.29, 0.717) is 16.5 Å². The van der Waals surface area contributed by atoms with E-state index in [9.17, 15) is 18.0 Å². The van der Waals surface area contributed by atoms with Gasteiger partial charge in [-0.25, -0.2) is 0 Å². The third kappa shape index (κ3) is 4.33. The molecule has 0 unspecified atom stereocenters. The number of hydrogen-bond acceptors (Lipinski definition) is 5. The van der Waals surface area contributed by atoms with Crippen LogP contribution in [0.1, 0.15) is 5.56 Å². The van der Waals surface area contributed by atoms with Crippen molar-refractivity contribution in [2.45, 2.75) is 18.4 Å². The average molecular weight is 432 g/mol. The molecule has 6 nitrogen and oxygen atoms in total. The Morgan fingerprint density at radius 1 is 1.13 bits per heavy atom. The highest BCUT2D eigenvalue weighted by Crippen LogP contribution is 2.26. The molecule has 4 rings (SSSR count). The Balaban J connectivity index is 1.46. The van der Waals surface area contributed by atoms with E-state index in [4.69, 9.17) is 0 Å². The fourth-order valence-corrected chi connectivity index (χ4v) is 3.79. The molecule has 30 heavy (non-hydrogen) atoms. The van der Waals surface area contributed by atoms with Crippen molar-refractivity contribution in [2.24, 2.45) is 0 Å². The first-order valence-electron chi connectivity index (χ1n) is 8.82. The van der Waals surface area contributed by atoms with Gasteiger partial charge in [-0.3, -0.25) is 9.20 Å². The number of nitrogens with zero attached hydrogens (tertiary/aromatic N) is 3. The number of benzene rings is 2. The van der Waals surface area contributed by atoms with E-state index in [1.807, 2.05) is 41.7 Å². The van der Waals surface area contributed by atoms with Crippen LogP contribution in [-0.4, -0.2) is 32.6 Å². The van der Waals surface area contributed by atoms with Gasteiger partial charge < -0.3 is 10.1 Å². The largest absolute Gasteiger partial charge is 0.573 e. The molecule has 4 aromatic rings. The molecule has 0 bridgehead atoms. The lowest BCUT2D eigenvalue weighted by Crippen LogP contribution is -2.17. The van der Waals surface area contributed by atoms with Gasteiger partial charge in [0.1, 0.15) is 5.75 Å². The number of ether oxygens (including phenoxy) is 1. The summed E-state index contributed by atoms with van der Waals surface area (Å²) >= 11 is 1.22. The fraction of sp³-hybridized carbons (Fsp3) is 0.150. The lowest BCUT2D eigenvalue weighted by atomic mass is 10.1. The van der Waals surface area contributed by atoms with Crippen molar-refractivity contribution in [1.29, 1.82) is 0 Å². The van der Waals surface area contributed by atoms with Crippen LogP contribution in [0.25, 0.3) is 16.6 Å². The van der Waals surface area contributed by atoms with E-state index >= 15 is 0 Å². The highest BCUT2D eigenvalue weighted by atomic mass is 32.2. The van der Waals surface area contributed by atoms with E-state index in [0.717, 1.165) is 28.6 Å². The minimum absolute atomic E-state index is 0.0593. The minimum atomic E-state index is -4.76. The van der Waals surface area contributed by atoms with Gasteiger partial charge in [0, 0.05) is 11.1 Å². The Bertz CT molecular complexity index is 1220. The number of anilines is 1. The third-order valence-corrected chi connectivity index (χ3v) is 5.21. The predicted molar refractivity (Wildman–Crippen MR) is 108 cm³/mol. The summed E-state index contributed by atoms with van der Waals surface area (Å²) in [6, 6.07) is 14.7. The third-order valence-electron chi connectivity index (χ3n) is 4.28. The fourth-order valence-electron chi connectivity index (χ4n) is 3.04. The summed E-state index contributed by atoms with van der Waals surface area (Å²) in [5.74, 6) is -0.617. The van der Waals surface area contributed by atoms with E-state index in [1.54, 1.807) is 0 Å². The maximum atomic E-state index is 12.3. The lowest BCUT2D eigenvalue weighted by molar-refractivity contribution is -0.274. The first-order valence-corrected chi connectivity index (χ1v) is 9.81.